The SMILES string of the molecule is COc1ccc([N+](=O)[O-])cc1NC(=O)C(C)N(c1ccccc1F)S(C)(=O)=O. The van der Waals surface area contributed by atoms with Gasteiger partial charge >= 0.3 is 0 Å². The molecule has 0 spiro atoms. The van der Waals surface area contributed by atoms with Gasteiger partial charge in [-0.15, -0.1) is 0 Å². The van der Waals surface area contributed by atoms with Crippen molar-refractivity contribution in [1.82, 2.24) is 0 Å². The van der Waals surface area contributed by atoms with Gasteiger partial charge in [-0.3, -0.25) is 19.2 Å². The fraction of sp³-hybridized carbons (Fsp3) is 0.235. The van der Waals surface area contributed by atoms with E-state index in [-0.39, 0.29) is 22.8 Å². The summed E-state index contributed by atoms with van der Waals surface area (Å²) < 4.78 is 44.3. The maximum Gasteiger partial charge on any atom is 0.271 e. The summed E-state index contributed by atoms with van der Waals surface area (Å²) in [5.74, 6) is -1.50. The number of methoxy groups -OCH3 is 1. The second-order valence-corrected chi connectivity index (χ2v) is 7.68. The molecule has 11 heteroatoms. The van der Waals surface area contributed by atoms with E-state index in [0.717, 1.165) is 18.4 Å². The van der Waals surface area contributed by atoms with Crippen LogP contribution in [0.5, 0.6) is 5.75 Å². The Morgan fingerprint density at radius 2 is 1.93 bits per heavy atom. The van der Waals surface area contributed by atoms with Crippen molar-refractivity contribution in [1.29, 1.82) is 0 Å². The molecule has 2 aromatic carbocycles. The maximum absolute atomic E-state index is 14.1. The molecule has 0 aliphatic rings. The Morgan fingerprint density at radius 1 is 1.29 bits per heavy atom. The molecule has 1 atom stereocenters. The van der Waals surface area contributed by atoms with Gasteiger partial charge < -0.3 is 10.1 Å². The van der Waals surface area contributed by atoms with Crippen molar-refractivity contribution in [3.05, 3.63) is 58.4 Å². The minimum absolute atomic E-state index is 0.0180. The topological polar surface area (TPSA) is 119 Å². The van der Waals surface area contributed by atoms with Gasteiger partial charge in [0.1, 0.15) is 17.6 Å². The number of anilines is 2. The lowest BCUT2D eigenvalue weighted by Gasteiger charge is -2.28. The number of hydrogen-bond acceptors (Lipinski definition) is 6. The molecule has 0 saturated carbocycles. The van der Waals surface area contributed by atoms with Gasteiger partial charge in [0.25, 0.3) is 5.69 Å². The number of halogens is 1. The molecule has 150 valence electrons. The predicted molar refractivity (Wildman–Crippen MR) is 101 cm³/mol. The van der Waals surface area contributed by atoms with Crippen LogP contribution in [0, 0.1) is 15.9 Å². The lowest BCUT2D eigenvalue weighted by molar-refractivity contribution is -0.384. The van der Waals surface area contributed by atoms with E-state index in [2.05, 4.69) is 5.32 Å². The summed E-state index contributed by atoms with van der Waals surface area (Å²) >= 11 is 0. The van der Waals surface area contributed by atoms with Crippen LogP contribution in [0.1, 0.15) is 6.92 Å². The number of ether oxygens (including phenoxy) is 1. The Kier molecular flexibility index (Phi) is 6.19. The second kappa shape index (κ2) is 8.21. The predicted octanol–water partition coefficient (Wildman–Crippen LogP) is 2.54. The summed E-state index contributed by atoms with van der Waals surface area (Å²) in [6, 6.07) is 7.34. The number of nitro benzene ring substituents is 1. The molecule has 1 N–H and O–H groups in total. The maximum atomic E-state index is 14.1. The Bertz CT molecular complexity index is 1010. The zero-order chi connectivity index (χ0) is 21.1. The van der Waals surface area contributed by atoms with Crippen LogP contribution < -0.4 is 14.4 Å². The number of amides is 1. The molecule has 0 aliphatic carbocycles. The van der Waals surface area contributed by atoms with Gasteiger partial charge in [0.05, 0.1) is 29.7 Å². The number of nitro groups is 1. The number of nitrogens with one attached hydrogen (secondary N) is 1. The van der Waals surface area contributed by atoms with E-state index < -0.39 is 32.7 Å². The van der Waals surface area contributed by atoms with Crippen molar-refractivity contribution in [2.24, 2.45) is 0 Å². The van der Waals surface area contributed by atoms with Crippen LogP contribution in [0.2, 0.25) is 0 Å². The number of non-ortho nitro benzene ring substituents is 1. The molecule has 0 bridgehead atoms. The third-order valence-corrected chi connectivity index (χ3v) is 5.06. The van der Waals surface area contributed by atoms with E-state index in [1.807, 2.05) is 0 Å². The lowest BCUT2D eigenvalue weighted by Crippen LogP contribution is -2.45. The van der Waals surface area contributed by atoms with Crippen LogP contribution in [-0.4, -0.2) is 38.7 Å². The smallest absolute Gasteiger partial charge is 0.271 e. The number of nitrogens with zero attached hydrogens (tertiary/aromatic N) is 2. The molecule has 9 nitrogen and oxygen atoms in total. The molecular weight excluding hydrogens is 393 g/mol. The highest BCUT2D eigenvalue weighted by molar-refractivity contribution is 7.92. The zero-order valence-corrected chi connectivity index (χ0v) is 16.1. The molecule has 0 aliphatic heterocycles. The number of carbonyl (C=O) groups is 1. The molecule has 1 unspecified atom stereocenters. The fourth-order valence-corrected chi connectivity index (χ4v) is 3.73. The summed E-state index contributed by atoms with van der Waals surface area (Å²) in [5.41, 5.74) is -0.605. The van der Waals surface area contributed by atoms with Gasteiger partial charge in [-0.05, 0) is 25.1 Å². The summed E-state index contributed by atoms with van der Waals surface area (Å²) in [6.45, 7) is 1.27. The van der Waals surface area contributed by atoms with Crippen LogP contribution in [0.25, 0.3) is 0 Å². The Labute approximate surface area is 160 Å². The van der Waals surface area contributed by atoms with E-state index in [1.165, 1.54) is 44.4 Å². The van der Waals surface area contributed by atoms with E-state index in [9.17, 15) is 27.7 Å². The highest BCUT2D eigenvalue weighted by Gasteiger charge is 2.31. The first-order valence-electron chi connectivity index (χ1n) is 7.93. The van der Waals surface area contributed by atoms with Crippen LogP contribution in [0.15, 0.2) is 42.5 Å². The molecule has 0 saturated heterocycles. The average molecular weight is 411 g/mol. The first kappa shape index (κ1) is 21.1. The minimum Gasteiger partial charge on any atom is -0.495 e. The average Bonchev–Trinajstić information content (AvgIpc) is 2.62. The lowest BCUT2D eigenvalue weighted by atomic mass is 10.2. The monoisotopic (exact) mass is 411 g/mol. The minimum atomic E-state index is -4.02. The molecule has 2 rings (SSSR count). The van der Waals surface area contributed by atoms with Crippen LogP contribution in [0.4, 0.5) is 21.5 Å². The Balaban J connectivity index is 2.41. The molecule has 2 aromatic rings. The fourth-order valence-electron chi connectivity index (χ4n) is 2.56. The largest absolute Gasteiger partial charge is 0.495 e. The van der Waals surface area contributed by atoms with Crippen LogP contribution in [0.3, 0.4) is 0 Å². The molecule has 28 heavy (non-hydrogen) atoms. The molecule has 0 aromatic heterocycles. The van der Waals surface area contributed by atoms with Gasteiger partial charge in [0, 0.05) is 12.1 Å². The van der Waals surface area contributed by atoms with Crippen molar-refractivity contribution in [3.63, 3.8) is 0 Å². The molecule has 1 amide bonds. The first-order valence-corrected chi connectivity index (χ1v) is 9.78. The van der Waals surface area contributed by atoms with Crippen molar-refractivity contribution >= 4 is 33.0 Å². The van der Waals surface area contributed by atoms with Gasteiger partial charge in [0.2, 0.25) is 15.9 Å². The first-order chi connectivity index (χ1) is 13.1. The van der Waals surface area contributed by atoms with E-state index in [0.29, 0.717) is 4.31 Å². The van der Waals surface area contributed by atoms with Crippen LogP contribution in [-0.2, 0) is 14.8 Å². The zero-order valence-electron chi connectivity index (χ0n) is 15.2. The number of benzene rings is 2. The van der Waals surface area contributed by atoms with Crippen LogP contribution >= 0.6 is 0 Å². The Morgan fingerprint density at radius 3 is 2.46 bits per heavy atom. The van der Waals surface area contributed by atoms with Gasteiger partial charge in [0.15, 0.2) is 0 Å². The summed E-state index contributed by atoms with van der Waals surface area (Å²) in [4.78, 5) is 23.0. The number of rotatable bonds is 7. The highest BCUT2D eigenvalue weighted by Crippen LogP contribution is 2.30. The third-order valence-electron chi connectivity index (χ3n) is 3.83. The van der Waals surface area contributed by atoms with Crippen molar-refractivity contribution in [2.75, 3.05) is 23.0 Å². The normalized spacial score (nSPS) is 12.1. The number of hydrogen-bond donors (Lipinski definition) is 1. The van der Waals surface area contributed by atoms with Crippen molar-refractivity contribution in [3.8, 4) is 5.75 Å². The number of carbonyl (C=O) groups excluding carboxylic acids is 1. The quantitative estimate of drug-likeness (QED) is 0.552. The van der Waals surface area contributed by atoms with Gasteiger partial charge in [-0.1, -0.05) is 12.1 Å². The molecule has 0 heterocycles. The summed E-state index contributed by atoms with van der Waals surface area (Å²) in [7, 11) is -2.71. The summed E-state index contributed by atoms with van der Waals surface area (Å²) in [5, 5.41) is 13.4. The number of sulfonamides is 1. The second-order valence-electron chi connectivity index (χ2n) is 5.82. The van der Waals surface area contributed by atoms with Gasteiger partial charge in [-0.2, -0.15) is 0 Å². The third kappa shape index (κ3) is 4.55. The molecular formula is C17H18FN3O6S. The van der Waals surface area contributed by atoms with Crippen molar-refractivity contribution < 1.29 is 27.3 Å². The van der Waals surface area contributed by atoms with E-state index in [4.69, 9.17) is 4.74 Å². The van der Waals surface area contributed by atoms with E-state index in [1.54, 1.807) is 0 Å². The van der Waals surface area contributed by atoms with E-state index >= 15 is 0 Å². The number of para-hydroxylation sites is 1. The summed E-state index contributed by atoms with van der Waals surface area (Å²) in [6.07, 6.45) is 0.844. The Hall–Kier alpha value is -3.21. The molecule has 0 fully saturated rings. The highest BCUT2D eigenvalue weighted by atomic mass is 32.2. The molecule has 0 radical (unpaired) electrons. The van der Waals surface area contributed by atoms with Gasteiger partial charge in [-0.25, -0.2) is 12.8 Å². The standard InChI is InChI=1S/C17H18FN3O6S/c1-11(20(28(3,25)26)15-7-5-4-6-13(15)18)17(22)19-14-10-12(21(23)24)8-9-16(14)27-2/h4-11H,1-3H3,(H,19,22). The van der Waals surface area contributed by atoms with Crippen molar-refractivity contribution in [2.45, 2.75) is 13.0 Å².